The molecule has 0 saturated carbocycles. The molecule has 0 amide bonds. The van der Waals surface area contributed by atoms with Crippen LogP contribution in [-0.2, 0) is 4.79 Å². The Balaban J connectivity index is 1.72. The smallest absolute Gasteiger partial charge is 0.335 e. The van der Waals surface area contributed by atoms with Crippen LogP contribution in [0.5, 0.6) is 0 Å². The quantitative estimate of drug-likeness (QED) is 0.787. The molecule has 1 saturated heterocycles. The van der Waals surface area contributed by atoms with E-state index >= 15 is 0 Å². The molecule has 2 aliphatic rings. The maximum absolute atomic E-state index is 12.1. The van der Waals surface area contributed by atoms with Gasteiger partial charge in [0, 0.05) is 36.5 Å². The first-order valence-electron chi connectivity index (χ1n) is 6.18. The van der Waals surface area contributed by atoms with Crippen molar-refractivity contribution in [2.75, 3.05) is 25.4 Å². The number of hydrogen-bond donors (Lipinski definition) is 2. The van der Waals surface area contributed by atoms with Crippen LogP contribution in [0.3, 0.4) is 0 Å². The van der Waals surface area contributed by atoms with E-state index in [1.54, 1.807) is 32.5 Å². The number of aromatic nitrogens is 1. The van der Waals surface area contributed by atoms with Gasteiger partial charge in [-0.15, -0.1) is 0 Å². The van der Waals surface area contributed by atoms with Gasteiger partial charge in [0.15, 0.2) is 0 Å². The first-order chi connectivity index (χ1) is 9.34. The first-order valence-corrected chi connectivity index (χ1v) is 8.50. The van der Waals surface area contributed by atoms with Gasteiger partial charge in [-0.2, -0.15) is 4.73 Å². The van der Waals surface area contributed by atoms with Gasteiger partial charge in [0.05, 0.1) is 5.69 Å². The Morgan fingerprint density at radius 3 is 3.26 bits per heavy atom. The lowest BCUT2D eigenvalue weighted by atomic mass is 10.2. The fourth-order valence-corrected chi connectivity index (χ4v) is 3.97. The van der Waals surface area contributed by atoms with Crippen LogP contribution in [0.15, 0.2) is 23.2 Å². The molecule has 5 nitrogen and oxygen atoms in total. The van der Waals surface area contributed by atoms with Gasteiger partial charge in [-0.1, -0.05) is 27.7 Å². The molecule has 3 rings (SSSR count). The molecule has 2 N–H and O–H groups in total. The summed E-state index contributed by atoms with van der Waals surface area (Å²) in [7, 11) is 3.48. The zero-order chi connectivity index (χ0) is 13.1. The van der Waals surface area contributed by atoms with Gasteiger partial charge >= 0.3 is 5.97 Å². The van der Waals surface area contributed by atoms with Crippen molar-refractivity contribution < 1.29 is 9.63 Å². The van der Waals surface area contributed by atoms with Crippen molar-refractivity contribution in [3.05, 3.63) is 24.0 Å². The van der Waals surface area contributed by atoms with Gasteiger partial charge in [0.1, 0.15) is 6.04 Å². The van der Waals surface area contributed by atoms with Crippen LogP contribution >= 0.6 is 21.6 Å². The van der Waals surface area contributed by atoms with Gasteiger partial charge in [0.2, 0.25) is 0 Å². The van der Waals surface area contributed by atoms with E-state index in [-0.39, 0.29) is 12.0 Å². The normalized spacial score (nSPS) is 22.6. The Morgan fingerprint density at radius 1 is 1.47 bits per heavy atom. The van der Waals surface area contributed by atoms with E-state index in [9.17, 15) is 4.79 Å². The van der Waals surface area contributed by atoms with E-state index in [1.165, 1.54) is 0 Å². The molecule has 2 aliphatic heterocycles. The minimum atomic E-state index is -0.274. The van der Waals surface area contributed by atoms with Crippen molar-refractivity contribution in [1.82, 2.24) is 15.4 Å². The summed E-state index contributed by atoms with van der Waals surface area (Å²) in [5.74, 6) is 0.711. The number of fused-ring (bicyclic) bond motifs is 1. The second kappa shape index (κ2) is 6.04. The highest BCUT2D eigenvalue weighted by atomic mass is 33.1. The second-order valence-electron chi connectivity index (χ2n) is 4.28. The third-order valence-electron chi connectivity index (χ3n) is 2.95. The number of carbonyl (C=O) groups is 1. The fraction of sp³-hybridized carbons (Fsp3) is 0.417. The van der Waals surface area contributed by atoms with Crippen LogP contribution in [0.25, 0.3) is 6.08 Å². The molecule has 1 fully saturated rings. The zero-order valence-corrected chi connectivity index (χ0v) is 11.9. The van der Waals surface area contributed by atoms with Crippen molar-refractivity contribution in [2.45, 2.75) is 10.9 Å². The molecule has 0 radical (unpaired) electrons. The van der Waals surface area contributed by atoms with E-state index in [0.29, 0.717) is 6.54 Å². The lowest BCUT2D eigenvalue weighted by Crippen LogP contribution is -2.54. The van der Waals surface area contributed by atoms with Crippen LogP contribution in [0.1, 0.15) is 5.69 Å². The van der Waals surface area contributed by atoms with E-state index in [1.807, 2.05) is 12.1 Å². The molecule has 0 aliphatic carbocycles. The van der Waals surface area contributed by atoms with E-state index < -0.39 is 0 Å². The summed E-state index contributed by atoms with van der Waals surface area (Å²) in [6, 6.07) is 1.70. The lowest BCUT2D eigenvalue weighted by Gasteiger charge is -2.22. The third kappa shape index (κ3) is 3.00. The maximum atomic E-state index is 12.1. The molecule has 3 heterocycles. The second-order valence-corrected chi connectivity index (χ2v) is 6.67. The Hall–Kier alpha value is -0.890. The minimum Gasteiger partial charge on any atom is -0.335 e. The average Bonchev–Trinajstić information content (AvgIpc) is 2.68. The molecule has 0 aromatic carbocycles. The van der Waals surface area contributed by atoms with Crippen LogP contribution in [0, 0.1) is 0 Å². The zero-order valence-electron chi connectivity index (χ0n) is 10.3. The van der Waals surface area contributed by atoms with E-state index in [4.69, 9.17) is 4.84 Å². The largest absolute Gasteiger partial charge is 0.350 e. The Morgan fingerprint density at radius 2 is 2.42 bits per heavy atom. The molecule has 19 heavy (non-hydrogen) atoms. The van der Waals surface area contributed by atoms with Crippen molar-refractivity contribution in [2.24, 2.45) is 0 Å². The molecule has 0 bridgehead atoms. The summed E-state index contributed by atoms with van der Waals surface area (Å²) in [6.07, 6.45) is 5.87. The molecule has 1 unspecified atom stereocenters. The summed E-state index contributed by atoms with van der Waals surface area (Å²) in [5.41, 5.74) is 0.937. The monoisotopic (exact) mass is 297 g/mol. The highest BCUT2D eigenvalue weighted by Gasteiger charge is 2.23. The van der Waals surface area contributed by atoms with Crippen LogP contribution in [0.4, 0.5) is 0 Å². The van der Waals surface area contributed by atoms with Gasteiger partial charge in [0.25, 0.3) is 0 Å². The number of rotatable bonds is 2. The fourth-order valence-electron chi connectivity index (χ4n) is 1.99. The highest BCUT2D eigenvalue weighted by molar-refractivity contribution is 8.76. The lowest BCUT2D eigenvalue weighted by molar-refractivity contribution is -0.147. The predicted octanol–water partition coefficient (Wildman–Crippen LogP) is 0.772. The van der Waals surface area contributed by atoms with Crippen LogP contribution in [-0.4, -0.2) is 42.1 Å². The number of nitrogens with zero attached hydrogens (tertiary/aromatic N) is 1. The van der Waals surface area contributed by atoms with Crippen molar-refractivity contribution >= 4 is 33.6 Å². The molecule has 0 spiro atoms. The van der Waals surface area contributed by atoms with Gasteiger partial charge in [-0.05, 0) is 12.1 Å². The number of hydrogen-bond acceptors (Lipinski definition) is 6. The number of carbonyl (C=O) groups excluding carboxylic acids is 1. The summed E-state index contributed by atoms with van der Waals surface area (Å²) in [4.78, 5) is 18.6. The molecular formula is C12H15N3O2S2. The van der Waals surface area contributed by atoms with Crippen molar-refractivity contribution in [3.8, 4) is 0 Å². The topological polar surface area (TPSA) is 55.3 Å². The van der Waals surface area contributed by atoms with E-state index in [0.717, 1.165) is 29.4 Å². The minimum absolute atomic E-state index is 0.249. The SMILES string of the molecule is O=C(On1ccc2c1C=CCSS2)C1CNCCN1. The summed E-state index contributed by atoms with van der Waals surface area (Å²) in [6.45, 7) is 2.29. The highest BCUT2D eigenvalue weighted by Crippen LogP contribution is 2.37. The van der Waals surface area contributed by atoms with Crippen molar-refractivity contribution in [3.63, 3.8) is 0 Å². The van der Waals surface area contributed by atoms with Gasteiger partial charge in [-0.25, -0.2) is 4.79 Å². The predicted molar refractivity (Wildman–Crippen MR) is 78.0 cm³/mol. The standard InChI is InChI=1S/C12H15N3O2S2/c16-12(9-8-13-4-5-14-9)17-15-6-3-11-10(15)2-1-7-18-19-11/h1-3,6,9,13-14H,4-5,7-8H2. The Kier molecular flexibility index (Phi) is 4.17. The average molecular weight is 297 g/mol. The van der Waals surface area contributed by atoms with Crippen LogP contribution in [0.2, 0.25) is 0 Å². The summed E-state index contributed by atoms with van der Waals surface area (Å²) in [5, 5.41) is 6.32. The van der Waals surface area contributed by atoms with Gasteiger partial charge in [-0.3, -0.25) is 0 Å². The molecule has 7 heteroatoms. The number of nitrogens with one attached hydrogen (secondary N) is 2. The Labute approximate surface area is 119 Å². The summed E-state index contributed by atoms with van der Waals surface area (Å²) < 4.78 is 1.56. The third-order valence-corrected chi connectivity index (χ3v) is 5.23. The van der Waals surface area contributed by atoms with Crippen LogP contribution < -0.4 is 15.5 Å². The molecule has 1 aromatic rings. The van der Waals surface area contributed by atoms with Crippen molar-refractivity contribution in [1.29, 1.82) is 0 Å². The van der Waals surface area contributed by atoms with E-state index in [2.05, 4.69) is 16.7 Å². The first kappa shape index (κ1) is 13.1. The maximum Gasteiger partial charge on any atom is 0.350 e. The number of piperazine rings is 1. The molecular weight excluding hydrogens is 282 g/mol. The molecule has 1 atom stereocenters. The summed E-state index contributed by atoms with van der Waals surface area (Å²) >= 11 is 0. The molecule has 102 valence electrons. The van der Waals surface area contributed by atoms with Gasteiger partial charge < -0.3 is 15.5 Å². The Bertz CT molecular complexity index is 495. The molecule has 1 aromatic heterocycles.